The Bertz CT molecular complexity index is 1150. The third-order valence-electron chi connectivity index (χ3n) is 4.19. The molecule has 0 saturated heterocycles. The molecule has 6 nitrogen and oxygen atoms in total. The van der Waals surface area contributed by atoms with Gasteiger partial charge in [-0.2, -0.15) is 0 Å². The Kier molecular flexibility index (Phi) is 5.28. The molecular weight excluding hydrogens is 376 g/mol. The Morgan fingerprint density at radius 1 is 0.857 bits per heavy atom. The molecule has 142 valence electrons. The largest absolute Gasteiger partial charge is 0.366 e. The van der Waals surface area contributed by atoms with Crippen molar-refractivity contribution in [2.45, 2.75) is 4.90 Å². The number of nitrogens with one attached hydrogen (secondary N) is 1. The zero-order chi connectivity index (χ0) is 20.3. The first-order valence-electron chi connectivity index (χ1n) is 8.37. The number of carbonyl (C=O) groups excluding carboxylic acids is 2. The lowest BCUT2D eigenvalue weighted by Gasteiger charge is -2.10. The molecule has 0 bridgehead atoms. The molecule has 3 aromatic rings. The molecule has 0 aromatic heterocycles. The maximum Gasteiger partial charge on any atom is 0.255 e. The molecule has 28 heavy (non-hydrogen) atoms. The van der Waals surface area contributed by atoms with Gasteiger partial charge < -0.3 is 11.1 Å². The average molecular weight is 394 g/mol. The normalized spacial score (nSPS) is 11.0. The van der Waals surface area contributed by atoms with Crippen LogP contribution >= 0.6 is 0 Å². The van der Waals surface area contributed by atoms with Crippen LogP contribution in [-0.2, 0) is 9.84 Å². The van der Waals surface area contributed by atoms with Gasteiger partial charge in [0.15, 0.2) is 9.84 Å². The maximum atomic E-state index is 12.5. The van der Waals surface area contributed by atoms with E-state index in [1.165, 1.54) is 6.07 Å². The van der Waals surface area contributed by atoms with Crippen molar-refractivity contribution in [3.8, 4) is 11.1 Å². The zero-order valence-corrected chi connectivity index (χ0v) is 15.9. The molecule has 0 radical (unpaired) electrons. The summed E-state index contributed by atoms with van der Waals surface area (Å²) in [4.78, 5) is 24.2. The number of anilines is 1. The van der Waals surface area contributed by atoms with Gasteiger partial charge in [-0.1, -0.05) is 42.5 Å². The van der Waals surface area contributed by atoms with E-state index in [1.807, 2.05) is 0 Å². The summed E-state index contributed by atoms with van der Waals surface area (Å²) in [6.45, 7) is 0. The number of primary amides is 1. The van der Waals surface area contributed by atoms with E-state index in [4.69, 9.17) is 5.73 Å². The van der Waals surface area contributed by atoms with Gasteiger partial charge in [-0.15, -0.1) is 0 Å². The van der Waals surface area contributed by atoms with Crippen molar-refractivity contribution in [1.29, 1.82) is 0 Å². The van der Waals surface area contributed by atoms with Crippen molar-refractivity contribution >= 4 is 27.3 Å². The summed E-state index contributed by atoms with van der Waals surface area (Å²) < 4.78 is 24.0. The first-order chi connectivity index (χ1) is 13.3. The van der Waals surface area contributed by atoms with E-state index in [0.29, 0.717) is 22.4 Å². The molecule has 0 heterocycles. The highest BCUT2D eigenvalue weighted by Gasteiger charge is 2.15. The van der Waals surface area contributed by atoms with Crippen molar-refractivity contribution in [3.63, 3.8) is 0 Å². The molecule has 0 saturated carbocycles. The lowest BCUT2D eigenvalue weighted by atomic mass is 10.0. The van der Waals surface area contributed by atoms with Gasteiger partial charge in [0.1, 0.15) is 0 Å². The van der Waals surface area contributed by atoms with Crippen LogP contribution in [-0.4, -0.2) is 26.5 Å². The van der Waals surface area contributed by atoms with Crippen LogP contribution in [0.5, 0.6) is 0 Å². The minimum absolute atomic E-state index is 0.217. The van der Waals surface area contributed by atoms with Crippen LogP contribution in [0.15, 0.2) is 77.7 Å². The Hall–Kier alpha value is -3.45. The average Bonchev–Trinajstić information content (AvgIpc) is 2.67. The number of amides is 2. The number of hydrogen-bond acceptors (Lipinski definition) is 4. The van der Waals surface area contributed by atoms with Crippen LogP contribution in [0.4, 0.5) is 5.69 Å². The number of para-hydroxylation sites is 1. The van der Waals surface area contributed by atoms with Crippen LogP contribution in [0, 0.1) is 0 Å². The van der Waals surface area contributed by atoms with Crippen LogP contribution in [0.25, 0.3) is 11.1 Å². The lowest BCUT2D eigenvalue weighted by molar-refractivity contribution is 0.100. The van der Waals surface area contributed by atoms with Crippen molar-refractivity contribution in [3.05, 3.63) is 83.9 Å². The van der Waals surface area contributed by atoms with E-state index in [2.05, 4.69) is 5.32 Å². The Labute approximate surface area is 162 Å². The van der Waals surface area contributed by atoms with Crippen molar-refractivity contribution in [2.75, 3.05) is 11.6 Å². The second kappa shape index (κ2) is 7.66. The molecular formula is C21H18N2O4S. The molecule has 0 spiro atoms. The minimum Gasteiger partial charge on any atom is -0.366 e. The summed E-state index contributed by atoms with van der Waals surface area (Å²) >= 11 is 0. The van der Waals surface area contributed by atoms with Gasteiger partial charge in [-0.3, -0.25) is 9.59 Å². The second-order valence-corrected chi connectivity index (χ2v) is 8.19. The van der Waals surface area contributed by atoms with E-state index >= 15 is 0 Å². The second-order valence-electron chi connectivity index (χ2n) is 6.21. The fourth-order valence-electron chi connectivity index (χ4n) is 2.83. The number of hydrogen-bond donors (Lipinski definition) is 2. The van der Waals surface area contributed by atoms with E-state index in [0.717, 1.165) is 6.26 Å². The quantitative estimate of drug-likeness (QED) is 0.693. The van der Waals surface area contributed by atoms with Gasteiger partial charge in [0.25, 0.3) is 11.8 Å². The molecule has 0 atom stereocenters. The van der Waals surface area contributed by atoms with Crippen LogP contribution in [0.2, 0.25) is 0 Å². The predicted molar refractivity (Wildman–Crippen MR) is 108 cm³/mol. The summed E-state index contributed by atoms with van der Waals surface area (Å²) in [5, 5.41) is 2.67. The summed E-state index contributed by atoms with van der Waals surface area (Å²) in [6.07, 6.45) is 1.16. The number of rotatable bonds is 5. The summed E-state index contributed by atoms with van der Waals surface area (Å²) in [7, 11) is -3.38. The van der Waals surface area contributed by atoms with Gasteiger partial charge in [0.2, 0.25) is 0 Å². The monoisotopic (exact) mass is 394 g/mol. The highest BCUT2D eigenvalue weighted by Crippen LogP contribution is 2.27. The lowest BCUT2D eigenvalue weighted by Crippen LogP contribution is -2.18. The molecule has 0 aliphatic carbocycles. The molecule has 0 fully saturated rings. The minimum atomic E-state index is -3.38. The third-order valence-corrected chi connectivity index (χ3v) is 5.34. The first kappa shape index (κ1) is 19.3. The Morgan fingerprint density at radius 2 is 1.46 bits per heavy atom. The van der Waals surface area contributed by atoms with Crippen molar-refractivity contribution < 1.29 is 18.0 Å². The van der Waals surface area contributed by atoms with Gasteiger partial charge in [-0.25, -0.2) is 8.42 Å². The SMILES string of the molecule is CS(=O)(=O)c1ccccc1-c1ccc(C(=O)Nc2ccccc2C(N)=O)cc1. The molecule has 0 aliphatic rings. The summed E-state index contributed by atoms with van der Waals surface area (Å²) in [6, 6.07) is 19.7. The number of sulfone groups is 1. The number of nitrogens with two attached hydrogens (primary N) is 1. The first-order valence-corrected chi connectivity index (χ1v) is 10.3. The van der Waals surface area contributed by atoms with Crippen LogP contribution in [0.3, 0.4) is 0 Å². The molecule has 3 N–H and O–H groups in total. The van der Waals surface area contributed by atoms with Crippen LogP contribution in [0.1, 0.15) is 20.7 Å². The van der Waals surface area contributed by atoms with E-state index < -0.39 is 21.7 Å². The van der Waals surface area contributed by atoms with E-state index in [-0.39, 0.29) is 10.5 Å². The van der Waals surface area contributed by atoms with Gasteiger partial charge >= 0.3 is 0 Å². The van der Waals surface area contributed by atoms with Crippen molar-refractivity contribution in [2.24, 2.45) is 5.73 Å². The molecule has 0 unspecified atom stereocenters. The smallest absolute Gasteiger partial charge is 0.255 e. The van der Waals surface area contributed by atoms with Crippen LogP contribution < -0.4 is 11.1 Å². The fourth-order valence-corrected chi connectivity index (χ4v) is 3.74. The van der Waals surface area contributed by atoms with Gasteiger partial charge in [0.05, 0.1) is 16.1 Å². The summed E-state index contributed by atoms with van der Waals surface area (Å²) in [5.74, 6) is -1.04. The number of benzene rings is 3. The third kappa shape index (κ3) is 4.10. The Balaban J connectivity index is 1.88. The van der Waals surface area contributed by atoms with E-state index in [9.17, 15) is 18.0 Å². The molecule has 0 aliphatic heterocycles. The highest BCUT2D eigenvalue weighted by atomic mass is 32.2. The fraction of sp³-hybridized carbons (Fsp3) is 0.0476. The standard InChI is InChI=1S/C21H18N2O4S/c1-28(26,27)19-9-5-3-6-16(19)14-10-12-15(13-11-14)21(25)23-18-8-4-2-7-17(18)20(22)24/h2-13H,1H3,(H2,22,24)(H,23,25). The van der Waals surface area contributed by atoms with E-state index in [1.54, 1.807) is 66.7 Å². The predicted octanol–water partition coefficient (Wildman–Crippen LogP) is 3.11. The Morgan fingerprint density at radius 3 is 2.11 bits per heavy atom. The maximum absolute atomic E-state index is 12.5. The molecule has 3 aromatic carbocycles. The molecule has 7 heteroatoms. The zero-order valence-electron chi connectivity index (χ0n) is 15.0. The van der Waals surface area contributed by atoms with Gasteiger partial charge in [-0.05, 0) is 35.9 Å². The molecule has 3 rings (SSSR count). The molecule has 2 amide bonds. The topological polar surface area (TPSA) is 106 Å². The number of carbonyl (C=O) groups is 2. The highest BCUT2D eigenvalue weighted by molar-refractivity contribution is 7.90. The summed E-state index contributed by atoms with van der Waals surface area (Å²) in [5.41, 5.74) is 7.47. The van der Waals surface area contributed by atoms with Gasteiger partial charge in [0, 0.05) is 17.4 Å². The van der Waals surface area contributed by atoms with Crippen molar-refractivity contribution in [1.82, 2.24) is 0 Å².